The van der Waals surface area contributed by atoms with Gasteiger partial charge < -0.3 is 9.47 Å². The van der Waals surface area contributed by atoms with E-state index in [1.54, 1.807) is 24.3 Å². The highest BCUT2D eigenvalue weighted by Crippen LogP contribution is 2.59. The van der Waals surface area contributed by atoms with E-state index >= 15 is 0 Å². The Bertz CT molecular complexity index is 880. The number of hydrogen-bond acceptors (Lipinski definition) is 4. The zero-order valence-electron chi connectivity index (χ0n) is 15.8. The summed E-state index contributed by atoms with van der Waals surface area (Å²) >= 11 is 0. The lowest BCUT2D eigenvalue weighted by atomic mass is 10.1. The molecule has 3 rings (SSSR count). The van der Waals surface area contributed by atoms with Crippen LogP contribution in [0.1, 0.15) is 32.4 Å². The maximum atomic E-state index is 12.6. The summed E-state index contributed by atoms with van der Waals surface area (Å²) < 4.78 is 11.3. The van der Waals surface area contributed by atoms with Gasteiger partial charge in [0.25, 0.3) is 0 Å². The highest BCUT2D eigenvalue weighted by atomic mass is 16.5. The van der Waals surface area contributed by atoms with E-state index in [1.807, 2.05) is 63.3 Å². The first kappa shape index (κ1) is 18.7. The standard InChI is InChI=1S/C23H23NO3/c1-4-9-19-21(23(19,2)3)22(25)27-20(15-24)16-10-8-13-18(14-16)26-17-11-6-5-7-12-17/h4-14,19-21H,1-3H3/b9-4-. The van der Waals surface area contributed by atoms with Crippen molar-refractivity contribution >= 4 is 5.97 Å². The third kappa shape index (κ3) is 4.03. The Kier molecular flexibility index (Phi) is 5.32. The molecule has 1 aliphatic carbocycles. The molecule has 0 heterocycles. The summed E-state index contributed by atoms with van der Waals surface area (Å²) in [5.74, 6) is 0.905. The monoisotopic (exact) mass is 361 g/mol. The van der Waals surface area contributed by atoms with E-state index in [9.17, 15) is 10.1 Å². The number of carbonyl (C=O) groups is 1. The van der Waals surface area contributed by atoms with Gasteiger partial charge in [-0.2, -0.15) is 5.26 Å². The van der Waals surface area contributed by atoms with Crippen molar-refractivity contribution in [2.45, 2.75) is 26.9 Å². The normalized spacial score (nSPS) is 21.3. The molecule has 1 aliphatic rings. The Morgan fingerprint density at radius 2 is 1.85 bits per heavy atom. The summed E-state index contributed by atoms with van der Waals surface area (Å²) in [5.41, 5.74) is 0.460. The number of ether oxygens (including phenoxy) is 2. The molecule has 3 atom stereocenters. The fraction of sp³-hybridized carbons (Fsp3) is 0.304. The van der Waals surface area contributed by atoms with Crippen LogP contribution in [0.5, 0.6) is 11.5 Å². The minimum absolute atomic E-state index is 0.137. The number of nitrogens with zero attached hydrogens (tertiary/aromatic N) is 1. The predicted molar refractivity (Wildman–Crippen MR) is 103 cm³/mol. The molecule has 0 N–H and O–H groups in total. The molecule has 138 valence electrons. The van der Waals surface area contributed by atoms with Crippen molar-refractivity contribution in [2.75, 3.05) is 0 Å². The van der Waals surface area contributed by atoms with Crippen LogP contribution in [-0.2, 0) is 9.53 Å². The van der Waals surface area contributed by atoms with Gasteiger partial charge in [-0.05, 0) is 42.5 Å². The highest BCUT2D eigenvalue weighted by molar-refractivity contribution is 5.78. The first-order valence-corrected chi connectivity index (χ1v) is 9.03. The van der Waals surface area contributed by atoms with Crippen molar-refractivity contribution in [1.82, 2.24) is 0 Å². The minimum atomic E-state index is -0.959. The Hall–Kier alpha value is -3.06. The molecule has 3 unspecified atom stereocenters. The van der Waals surface area contributed by atoms with Crippen molar-refractivity contribution in [3.63, 3.8) is 0 Å². The number of para-hydroxylation sites is 1. The topological polar surface area (TPSA) is 59.3 Å². The van der Waals surface area contributed by atoms with Crippen molar-refractivity contribution in [1.29, 1.82) is 5.26 Å². The van der Waals surface area contributed by atoms with E-state index in [0.717, 1.165) is 0 Å². The summed E-state index contributed by atoms with van der Waals surface area (Å²) in [7, 11) is 0. The van der Waals surface area contributed by atoms with E-state index < -0.39 is 6.10 Å². The van der Waals surface area contributed by atoms with Crippen LogP contribution in [0.25, 0.3) is 0 Å². The molecular formula is C23H23NO3. The minimum Gasteiger partial charge on any atom is -0.457 e. The van der Waals surface area contributed by atoms with Crippen LogP contribution in [0.4, 0.5) is 0 Å². The number of benzene rings is 2. The molecule has 0 amide bonds. The van der Waals surface area contributed by atoms with Gasteiger partial charge in [-0.3, -0.25) is 4.79 Å². The third-order valence-electron chi connectivity index (χ3n) is 5.06. The number of carbonyl (C=O) groups excluding carboxylic acids is 1. The van der Waals surface area contributed by atoms with E-state index in [-0.39, 0.29) is 23.2 Å². The van der Waals surface area contributed by atoms with Gasteiger partial charge in [0.2, 0.25) is 6.10 Å². The predicted octanol–water partition coefficient (Wildman–Crippen LogP) is 5.44. The van der Waals surface area contributed by atoms with Crippen molar-refractivity contribution in [3.8, 4) is 17.6 Å². The van der Waals surface area contributed by atoms with Crippen LogP contribution in [0, 0.1) is 28.6 Å². The van der Waals surface area contributed by atoms with Gasteiger partial charge in [-0.25, -0.2) is 0 Å². The average molecular weight is 361 g/mol. The number of hydrogen-bond donors (Lipinski definition) is 0. The third-order valence-corrected chi connectivity index (χ3v) is 5.06. The van der Waals surface area contributed by atoms with Gasteiger partial charge in [0.15, 0.2) is 0 Å². The van der Waals surface area contributed by atoms with Gasteiger partial charge in [0.1, 0.15) is 17.6 Å². The quantitative estimate of drug-likeness (QED) is 0.508. The molecule has 0 aromatic heterocycles. The average Bonchev–Trinajstić information content (AvgIpc) is 3.21. The maximum absolute atomic E-state index is 12.6. The summed E-state index contributed by atoms with van der Waals surface area (Å²) in [6, 6.07) is 18.6. The highest BCUT2D eigenvalue weighted by Gasteiger charge is 2.61. The van der Waals surface area contributed by atoms with Crippen molar-refractivity contribution in [2.24, 2.45) is 17.3 Å². The van der Waals surface area contributed by atoms with Crippen LogP contribution in [0.15, 0.2) is 66.7 Å². The van der Waals surface area contributed by atoms with Gasteiger partial charge in [-0.15, -0.1) is 0 Å². The Morgan fingerprint density at radius 3 is 2.52 bits per heavy atom. The molecule has 0 aliphatic heterocycles. The molecule has 4 heteroatoms. The first-order chi connectivity index (χ1) is 13.0. The Morgan fingerprint density at radius 1 is 1.15 bits per heavy atom. The van der Waals surface area contributed by atoms with Crippen molar-refractivity contribution in [3.05, 3.63) is 72.3 Å². The fourth-order valence-corrected chi connectivity index (χ4v) is 3.42. The molecule has 1 saturated carbocycles. The first-order valence-electron chi connectivity index (χ1n) is 9.03. The van der Waals surface area contributed by atoms with E-state index in [1.165, 1.54) is 0 Å². The second-order valence-corrected chi connectivity index (χ2v) is 7.28. The van der Waals surface area contributed by atoms with Gasteiger partial charge in [0, 0.05) is 5.56 Å². The fourth-order valence-electron chi connectivity index (χ4n) is 3.42. The molecule has 0 bridgehead atoms. The molecular weight excluding hydrogens is 338 g/mol. The molecule has 27 heavy (non-hydrogen) atoms. The van der Waals surface area contributed by atoms with Crippen LogP contribution < -0.4 is 4.74 Å². The lowest BCUT2D eigenvalue weighted by Gasteiger charge is -2.13. The smallest absolute Gasteiger partial charge is 0.311 e. The zero-order chi connectivity index (χ0) is 19.4. The summed E-state index contributed by atoms with van der Waals surface area (Å²) in [6.07, 6.45) is 3.02. The van der Waals surface area contributed by atoms with E-state index in [2.05, 4.69) is 6.07 Å². The zero-order valence-corrected chi connectivity index (χ0v) is 15.8. The molecule has 0 radical (unpaired) electrons. The summed E-state index contributed by atoms with van der Waals surface area (Å²) in [4.78, 5) is 12.6. The SMILES string of the molecule is C/C=C\C1C(C(=O)OC(C#N)c2cccc(Oc3ccccc3)c2)C1(C)C. The summed E-state index contributed by atoms with van der Waals surface area (Å²) in [5, 5.41) is 9.53. The molecule has 1 fully saturated rings. The Labute approximate surface area is 160 Å². The lowest BCUT2D eigenvalue weighted by molar-refractivity contribution is -0.149. The second kappa shape index (κ2) is 7.67. The van der Waals surface area contributed by atoms with Crippen LogP contribution in [-0.4, -0.2) is 5.97 Å². The number of esters is 1. The largest absolute Gasteiger partial charge is 0.457 e. The lowest BCUT2D eigenvalue weighted by Crippen LogP contribution is -2.14. The van der Waals surface area contributed by atoms with E-state index in [0.29, 0.717) is 17.1 Å². The van der Waals surface area contributed by atoms with Crippen LogP contribution in [0.2, 0.25) is 0 Å². The molecule has 4 nitrogen and oxygen atoms in total. The van der Waals surface area contributed by atoms with E-state index in [4.69, 9.17) is 9.47 Å². The second-order valence-electron chi connectivity index (χ2n) is 7.28. The molecule has 2 aromatic carbocycles. The van der Waals surface area contributed by atoms with Gasteiger partial charge in [-0.1, -0.05) is 56.3 Å². The van der Waals surface area contributed by atoms with Crippen LogP contribution >= 0.6 is 0 Å². The Balaban J connectivity index is 1.72. The van der Waals surface area contributed by atoms with Crippen LogP contribution in [0.3, 0.4) is 0 Å². The molecule has 0 saturated heterocycles. The molecule has 0 spiro atoms. The number of nitriles is 1. The number of allylic oxidation sites excluding steroid dienone is 2. The molecule has 2 aromatic rings. The van der Waals surface area contributed by atoms with Crippen molar-refractivity contribution < 1.29 is 14.3 Å². The van der Waals surface area contributed by atoms with Gasteiger partial charge >= 0.3 is 5.97 Å². The summed E-state index contributed by atoms with van der Waals surface area (Å²) in [6.45, 7) is 6.02. The maximum Gasteiger partial charge on any atom is 0.311 e. The van der Waals surface area contributed by atoms with Gasteiger partial charge in [0.05, 0.1) is 5.92 Å². The number of rotatable bonds is 6.